The maximum Gasteiger partial charge on any atom is 0.147 e. The molecule has 2 heterocycles. The molecule has 0 spiro atoms. The fourth-order valence-corrected chi connectivity index (χ4v) is 2.39. The fraction of sp³-hybridized carbons (Fsp3) is 0.125. The molecule has 0 saturated heterocycles. The number of aromatic nitrogens is 3. The number of hydrogen-bond donors (Lipinski definition) is 1. The second kappa shape index (κ2) is 6.15. The Morgan fingerprint density at radius 3 is 2.82 bits per heavy atom. The van der Waals surface area contributed by atoms with E-state index in [-0.39, 0.29) is 5.82 Å². The monoisotopic (exact) mass is 316 g/mol. The maximum absolute atomic E-state index is 14.3. The summed E-state index contributed by atoms with van der Waals surface area (Å²) in [5, 5.41) is 3.70. The van der Waals surface area contributed by atoms with Gasteiger partial charge in [0, 0.05) is 31.3 Å². The van der Waals surface area contributed by atoms with Gasteiger partial charge in [-0.1, -0.05) is 17.7 Å². The van der Waals surface area contributed by atoms with E-state index in [0.29, 0.717) is 17.3 Å². The lowest BCUT2D eigenvalue weighted by Crippen LogP contribution is -2.03. The van der Waals surface area contributed by atoms with Crippen LogP contribution in [0.3, 0.4) is 0 Å². The van der Waals surface area contributed by atoms with Crippen LogP contribution in [0.15, 0.2) is 49.1 Å². The van der Waals surface area contributed by atoms with Crippen molar-refractivity contribution in [3.8, 4) is 5.69 Å². The van der Waals surface area contributed by atoms with E-state index in [4.69, 9.17) is 11.6 Å². The van der Waals surface area contributed by atoms with E-state index in [2.05, 4.69) is 15.3 Å². The van der Waals surface area contributed by atoms with E-state index in [0.717, 1.165) is 17.1 Å². The van der Waals surface area contributed by atoms with Gasteiger partial charge in [0.05, 0.1) is 16.4 Å². The maximum atomic E-state index is 14.3. The molecule has 4 nitrogen and oxygen atoms in total. The number of halogens is 2. The summed E-state index contributed by atoms with van der Waals surface area (Å²) in [6.07, 6.45) is 6.60. The Labute approximate surface area is 132 Å². The van der Waals surface area contributed by atoms with Crippen molar-refractivity contribution < 1.29 is 4.39 Å². The highest BCUT2D eigenvalue weighted by Crippen LogP contribution is 2.21. The van der Waals surface area contributed by atoms with Gasteiger partial charge < -0.3 is 9.88 Å². The van der Waals surface area contributed by atoms with E-state index in [1.54, 1.807) is 41.5 Å². The fourth-order valence-electron chi connectivity index (χ4n) is 2.20. The zero-order valence-corrected chi connectivity index (χ0v) is 12.7. The summed E-state index contributed by atoms with van der Waals surface area (Å²) in [5.74, 6) is 0.453. The molecule has 112 valence electrons. The van der Waals surface area contributed by atoms with Gasteiger partial charge in [0.15, 0.2) is 0 Å². The first-order chi connectivity index (χ1) is 10.6. The number of pyridine rings is 1. The van der Waals surface area contributed by atoms with Gasteiger partial charge in [-0.2, -0.15) is 0 Å². The predicted molar refractivity (Wildman–Crippen MR) is 84.8 cm³/mol. The SMILES string of the molecule is Cc1nccn1-c1ccc(CNc2ccncc2Cl)cc1F. The molecular weight excluding hydrogens is 303 g/mol. The molecule has 0 saturated carbocycles. The molecule has 0 aliphatic rings. The summed E-state index contributed by atoms with van der Waals surface area (Å²) < 4.78 is 16.0. The van der Waals surface area contributed by atoms with Gasteiger partial charge in [-0.25, -0.2) is 9.37 Å². The van der Waals surface area contributed by atoms with Crippen LogP contribution in [0.5, 0.6) is 0 Å². The normalized spacial score (nSPS) is 10.7. The Morgan fingerprint density at radius 1 is 1.27 bits per heavy atom. The zero-order chi connectivity index (χ0) is 15.5. The largest absolute Gasteiger partial charge is 0.380 e. The smallest absolute Gasteiger partial charge is 0.147 e. The Hall–Kier alpha value is -2.40. The van der Waals surface area contributed by atoms with Crippen molar-refractivity contribution in [2.24, 2.45) is 0 Å². The molecule has 3 rings (SSSR count). The summed E-state index contributed by atoms with van der Waals surface area (Å²) in [6, 6.07) is 6.91. The van der Waals surface area contributed by atoms with Crippen LogP contribution in [0, 0.1) is 12.7 Å². The third kappa shape index (κ3) is 2.94. The van der Waals surface area contributed by atoms with E-state index >= 15 is 0 Å². The van der Waals surface area contributed by atoms with Crippen LogP contribution in [-0.2, 0) is 6.54 Å². The number of nitrogens with zero attached hydrogens (tertiary/aromatic N) is 3. The molecule has 0 aliphatic heterocycles. The van der Waals surface area contributed by atoms with E-state index in [9.17, 15) is 4.39 Å². The predicted octanol–water partition coefficient (Wildman–Crippen LogP) is 3.98. The van der Waals surface area contributed by atoms with Crippen LogP contribution in [-0.4, -0.2) is 14.5 Å². The summed E-state index contributed by atoms with van der Waals surface area (Å²) in [7, 11) is 0. The molecule has 1 N–H and O–H groups in total. The second-order valence-corrected chi connectivity index (χ2v) is 5.25. The van der Waals surface area contributed by atoms with Gasteiger partial charge in [0.2, 0.25) is 0 Å². The Bertz CT molecular complexity index is 800. The Kier molecular flexibility index (Phi) is 4.06. The molecular formula is C16H14ClFN4. The van der Waals surface area contributed by atoms with Crippen LogP contribution in [0.2, 0.25) is 5.02 Å². The van der Waals surface area contributed by atoms with Crippen LogP contribution in [0.4, 0.5) is 10.1 Å². The quantitative estimate of drug-likeness (QED) is 0.791. The average Bonchev–Trinajstić information content (AvgIpc) is 2.92. The van der Waals surface area contributed by atoms with Gasteiger partial charge >= 0.3 is 0 Å². The van der Waals surface area contributed by atoms with Crippen molar-refractivity contribution in [3.05, 3.63) is 71.3 Å². The molecule has 6 heteroatoms. The molecule has 0 bridgehead atoms. The summed E-state index contributed by atoms with van der Waals surface area (Å²) in [6.45, 7) is 2.31. The highest BCUT2D eigenvalue weighted by molar-refractivity contribution is 6.33. The van der Waals surface area contributed by atoms with Crippen molar-refractivity contribution in [1.29, 1.82) is 0 Å². The van der Waals surface area contributed by atoms with E-state index in [1.165, 1.54) is 6.07 Å². The second-order valence-electron chi connectivity index (χ2n) is 4.84. The lowest BCUT2D eigenvalue weighted by atomic mass is 10.2. The van der Waals surface area contributed by atoms with E-state index in [1.807, 2.05) is 13.0 Å². The molecule has 0 radical (unpaired) electrons. The van der Waals surface area contributed by atoms with Crippen LogP contribution >= 0.6 is 11.6 Å². The molecule has 2 aromatic heterocycles. The zero-order valence-electron chi connectivity index (χ0n) is 11.9. The Morgan fingerprint density at radius 2 is 2.14 bits per heavy atom. The van der Waals surface area contributed by atoms with Crippen LogP contribution in [0.25, 0.3) is 5.69 Å². The topological polar surface area (TPSA) is 42.7 Å². The van der Waals surface area contributed by atoms with Crippen molar-refractivity contribution in [2.45, 2.75) is 13.5 Å². The molecule has 1 aromatic carbocycles. The third-order valence-corrected chi connectivity index (χ3v) is 3.65. The number of imidazole rings is 1. The summed E-state index contributed by atoms with van der Waals surface area (Å²) in [5.41, 5.74) is 2.08. The summed E-state index contributed by atoms with van der Waals surface area (Å²) >= 11 is 6.02. The molecule has 0 atom stereocenters. The average molecular weight is 317 g/mol. The van der Waals surface area contributed by atoms with Gasteiger partial charge in [0.1, 0.15) is 11.6 Å². The molecule has 0 amide bonds. The highest BCUT2D eigenvalue weighted by atomic mass is 35.5. The molecule has 0 aliphatic carbocycles. The van der Waals surface area contributed by atoms with Crippen molar-refractivity contribution in [2.75, 3.05) is 5.32 Å². The first-order valence-electron chi connectivity index (χ1n) is 6.77. The Balaban J connectivity index is 1.78. The molecule has 0 fully saturated rings. The van der Waals surface area contributed by atoms with Crippen LogP contribution < -0.4 is 5.32 Å². The molecule has 3 aromatic rings. The van der Waals surface area contributed by atoms with E-state index < -0.39 is 0 Å². The standard InChI is InChI=1S/C16H14ClFN4/c1-11-20-6-7-22(11)16-3-2-12(8-14(16)18)9-21-15-4-5-19-10-13(15)17/h2-8,10H,9H2,1H3,(H,19,21). The minimum absolute atomic E-state index is 0.291. The number of nitrogens with one attached hydrogen (secondary N) is 1. The lowest BCUT2D eigenvalue weighted by Gasteiger charge is -2.11. The number of anilines is 1. The summed E-state index contributed by atoms with van der Waals surface area (Å²) in [4.78, 5) is 8.03. The van der Waals surface area contributed by atoms with Gasteiger partial charge in [-0.05, 0) is 30.7 Å². The first kappa shape index (κ1) is 14.5. The number of aryl methyl sites for hydroxylation is 1. The van der Waals surface area contributed by atoms with Gasteiger partial charge in [-0.3, -0.25) is 4.98 Å². The van der Waals surface area contributed by atoms with Gasteiger partial charge in [-0.15, -0.1) is 0 Å². The number of rotatable bonds is 4. The molecule has 0 unspecified atom stereocenters. The van der Waals surface area contributed by atoms with Crippen molar-refractivity contribution >= 4 is 17.3 Å². The molecule has 22 heavy (non-hydrogen) atoms. The van der Waals surface area contributed by atoms with Crippen molar-refractivity contribution in [3.63, 3.8) is 0 Å². The van der Waals surface area contributed by atoms with Gasteiger partial charge in [0.25, 0.3) is 0 Å². The third-order valence-electron chi connectivity index (χ3n) is 3.35. The van der Waals surface area contributed by atoms with Crippen LogP contribution in [0.1, 0.15) is 11.4 Å². The number of benzene rings is 1. The number of hydrogen-bond acceptors (Lipinski definition) is 3. The van der Waals surface area contributed by atoms with Crippen molar-refractivity contribution in [1.82, 2.24) is 14.5 Å². The minimum atomic E-state index is -0.291. The minimum Gasteiger partial charge on any atom is -0.380 e. The highest BCUT2D eigenvalue weighted by Gasteiger charge is 2.08. The first-order valence-corrected chi connectivity index (χ1v) is 7.15. The lowest BCUT2D eigenvalue weighted by molar-refractivity contribution is 0.614.